The van der Waals surface area contributed by atoms with Gasteiger partial charge < -0.3 is 14.8 Å². The average molecular weight is 485 g/mol. The molecule has 4 aromatic rings. The van der Waals surface area contributed by atoms with Gasteiger partial charge in [-0.15, -0.1) is 0 Å². The van der Waals surface area contributed by atoms with Crippen molar-refractivity contribution in [2.45, 2.75) is 26.8 Å². The van der Waals surface area contributed by atoms with Crippen LogP contribution >= 0.6 is 11.6 Å². The fourth-order valence-electron chi connectivity index (χ4n) is 3.87. The number of hydrogen-bond donors (Lipinski definition) is 2. The van der Waals surface area contributed by atoms with Crippen LogP contribution < -0.4 is 10.7 Å². The molecular weight excluding hydrogens is 466 g/mol. The second-order valence-electron chi connectivity index (χ2n) is 7.91. The van der Waals surface area contributed by atoms with Crippen LogP contribution in [0.15, 0.2) is 51.7 Å². The number of fused-ring (bicyclic) bond motifs is 1. The summed E-state index contributed by atoms with van der Waals surface area (Å²) in [5.41, 5.74) is 0.534. The Morgan fingerprint density at radius 1 is 1.15 bits per heavy atom. The number of rotatable bonds is 5. The molecule has 2 N–H and O–H groups in total. The topological polar surface area (TPSA) is 92.4 Å². The lowest BCUT2D eigenvalue weighted by Gasteiger charge is -2.19. The minimum Gasteiger partial charge on any atom is -0.476 e. The van der Waals surface area contributed by atoms with Crippen LogP contribution in [0, 0.1) is 25.5 Å². The average Bonchev–Trinajstić information content (AvgIpc) is 2.78. The van der Waals surface area contributed by atoms with Gasteiger partial charge in [-0.1, -0.05) is 23.7 Å². The Morgan fingerprint density at radius 3 is 2.47 bits per heavy atom. The van der Waals surface area contributed by atoms with E-state index in [1.807, 2.05) is 0 Å². The fraction of sp³-hybridized carbons (Fsp3) is 0.160. The number of aryl methyl sites for hydroxylation is 1. The van der Waals surface area contributed by atoms with E-state index in [0.29, 0.717) is 5.56 Å². The molecule has 0 saturated carbocycles. The molecule has 174 valence electrons. The Bertz CT molecular complexity index is 1500. The Labute approximate surface area is 197 Å². The van der Waals surface area contributed by atoms with Crippen LogP contribution in [0.5, 0.6) is 0 Å². The molecule has 0 spiro atoms. The lowest BCUT2D eigenvalue weighted by Crippen LogP contribution is -2.15. The monoisotopic (exact) mass is 484 g/mol. The molecule has 0 aliphatic heterocycles. The first-order valence-electron chi connectivity index (χ1n) is 10.3. The standard InChI is InChI=1S/C25H19ClF2N2O4/c1-11-9-14(13(3)29-18-7-8-19(26)30-21(18)25(32)33)24-15(10-11)22(31)12(2)23(34-24)20-16(27)5-4-6-17(20)28/h4-10,13,29H,1-3H3,(H,32,33). The highest BCUT2D eigenvalue weighted by atomic mass is 35.5. The molecule has 0 bridgehead atoms. The summed E-state index contributed by atoms with van der Waals surface area (Å²) in [5.74, 6) is -3.19. The largest absolute Gasteiger partial charge is 0.476 e. The Hall–Kier alpha value is -3.78. The maximum atomic E-state index is 14.5. The van der Waals surface area contributed by atoms with Crippen LogP contribution in [-0.4, -0.2) is 16.1 Å². The van der Waals surface area contributed by atoms with Crippen molar-refractivity contribution in [3.05, 3.63) is 91.9 Å². The van der Waals surface area contributed by atoms with Crippen molar-refractivity contribution in [2.75, 3.05) is 5.32 Å². The maximum Gasteiger partial charge on any atom is 0.356 e. The zero-order valence-electron chi connectivity index (χ0n) is 18.4. The van der Waals surface area contributed by atoms with E-state index in [2.05, 4.69) is 10.3 Å². The molecular formula is C25H19ClF2N2O4. The van der Waals surface area contributed by atoms with Crippen LogP contribution in [0.25, 0.3) is 22.3 Å². The number of nitrogens with zero attached hydrogens (tertiary/aromatic N) is 1. The van der Waals surface area contributed by atoms with Gasteiger partial charge in [0.05, 0.1) is 22.7 Å². The van der Waals surface area contributed by atoms with Crippen molar-refractivity contribution in [1.82, 2.24) is 4.98 Å². The number of anilines is 1. The maximum absolute atomic E-state index is 14.5. The molecule has 6 nitrogen and oxygen atoms in total. The number of hydrogen-bond acceptors (Lipinski definition) is 5. The third-order valence-corrected chi connectivity index (χ3v) is 5.69. The van der Waals surface area contributed by atoms with E-state index in [1.165, 1.54) is 25.1 Å². The highest BCUT2D eigenvalue weighted by molar-refractivity contribution is 6.29. The van der Waals surface area contributed by atoms with E-state index in [4.69, 9.17) is 16.0 Å². The van der Waals surface area contributed by atoms with Gasteiger partial charge in [0, 0.05) is 11.1 Å². The summed E-state index contributed by atoms with van der Waals surface area (Å²) < 4.78 is 35.0. The number of nitrogens with one attached hydrogen (secondary N) is 1. The van der Waals surface area contributed by atoms with Gasteiger partial charge in [0.2, 0.25) is 0 Å². The van der Waals surface area contributed by atoms with Gasteiger partial charge in [-0.3, -0.25) is 4.79 Å². The molecule has 0 aliphatic carbocycles. The quantitative estimate of drug-likeness (QED) is 0.324. The normalized spacial score (nSPS) is 12.1. The second kappa shape index (κ2) is 8.87. The molecule has 0 fully saturated rings. The summed E-state index contributed by atoms with van der Waals surface area (Å²) >= 11 is 5.83. The van der Waals surface area contributed by atoms with E-state index < -0.39 is 34.6 Å². The Balaban J connectivity index is 1.93. The van der Waals surface area contributed by atoms with E-state index in [9.17, 15) is 23.5 Å². The van der Waals surface area contributed by atoms with Gasteiger partial charge in [0.25, 0.3) is 0 Å². The van der Waals surface area contributed by atoms with Crippen molar-refractivity contribution in [2.24, 2.45) is 0 Å². The molecule has 1 atom stereocenters. The third-order valence-electron chi connectivity index (χ3n) is 5.48. The summed E-state index contributed by atoms with van der Waals surface area (Å²) in [5, 5.41) is 12.8. The van der Waals surface area contributed by atoms with E-state index in [0.717, 1.165) is 17.7 Å². The highest BCUT2D eigenvalue weighted by Gasteiger charge is 2.23. The zero-order chi connectivity index (χ0) is 24.7. The van der Waals surface area contributed by atoms with Gasteiger partial charge in [-0.25, -0.2) is 18.6 Å². The number of pyridine rings is 1. The summed E-state index contributed by atoms with van der Waals surface area (Å²) in [6, 6.07) is 9.14. The smallest absolute Gasteiger partial charge is 0.356 e. The molecule has 4 rings (SSSR count). The number of benzene rings is 2. The SMILES string of the molecule is Cc1cc(C(C)Nc2ccc(Cl)nc2C(=O)O)c2oc(-c3c(F)cccc3F)c(C)c(=O)c2c1. The van der Waals surface area contributed by atoms with Crippen molar-refractivity contribution in [1.29, 1.82) is 0 Å². The summed E-state index contributed by atoms with van der Waals surface area (Å²) in [4.78, 5) is 28.6. The molecule has 0 amide bonds. The van der Waals surface area contributed by atoms with Crippen molar-refractivity contribution >= 4 is 34.2 Å². The molecule has 34 heavy (non-hydrogen) atoms. The van der Waals surface area contributed by atoms with Gasteiger partial charge in [0.15, 0.2) is 11.1 Å². The number of halogens is 3. The van der Waals surface area contributed by atoms with Crippen LogP contribution in [0.4, 0.5) is 14.5 Å². The molecule has 0 aliphatic rings. The molecule has 2 aromatic carbocycles. The Kier molecular flexibility index (Phi) is 6.10. The van der Waals surface area contributed by atoms with Crippen LogP contribution in [0.2, 0.25) is 5.15 Å². The van der Waals surface area contributed by atoms with Crippen molar-refractivity contribution < 1.29 is 23.1 Å². The van der Waals surface area contributed by atoms with Gasteiger partial charge in [-0.05, 0) is 56.7 Å². The van der Waals surface area contributed by atoms with Gasteiger partial charge >= 0.3 is 5.97 Å². The summed E-state index contributed by atoms with van der Waals surface area (Å²) in [7, 11) is 0. The highest BCUT2D eigenvalue weighted by Crippen LogP contribution is 2.34. The molecule has 9 heteroatoms. The van der Waals surface area contributed by atoms with Gasteiger partial charge in [-0.2, -0.15) is 0 Å². The number of aromatic nitrogens is 1. The number of carboxylic acid groups (broad SMARTS) is 1. The minimum atomic E-state index is -1.27. The van der Waals surface area contributed by atoms with Crippen LogP contribution in [0.1, 0.15) is 40.1 Å². The number of carbonyl (C=O) groups is 1. The first-order chi connectivity index (χ1) is 16.1. The molecule has 0 radical (unpaired) electrons. The summed E-state index contributed by atoms with van der Waals surface area (Å²) in [6.07, 6.45) is 0. The zero-order valence-corrected chi connectivity index (χ0v) is 19.1. The number of aromatic carboxylic acids is 1. The first-order valence-corrected chi connectivity index (χ1v) is 10.6. The van der Waals surface area contributed by atoms with Crippen LogP contribution in [-0.2, 0) is 0 Å². The lowest BCUT2D eigenvalue weighted by atomic mass is 9.98. The molecule has 1 unspecified atom stereocenters. The van der Waals surface area contributed by atoms with E-state index in [-0.39, 0.29) is 38.8 Å². The fourth-order valence-corrected chi connectivity index (χ4v) is 4.02. The van der Waals surface area contributed by atoms with Gasteiger partial charge in [0.1, 0.15) is 28.1 Å². The molecule has 0 saturated heterocycles. The Morgan fingerprint density at radius 2 is 1.82 bits per heavy atom. The first kappa shape index (κ1) is 23.4. The van der Waals surface area contributed by atoms with E-state index >= 15 is 0 Å². The van der Waals surface area contributed by atoms with Crippen molar-refractivity contribution in [3.8, 4) is 11.3 Å². The van der Waals surface area contributed by atoms with E-state index in [1.54, 1.807) is 26.0 Å². The second-order valence-corrected chi connectivity index (χ2v) is 8.30. The number of carboxylic acids is 1. The van der Waals surface area contributed by atoms with Crippen LogP contribution in [0.3, 0.4) is 0 Å². The molecule has 2 heterocycles. The summed E-state index contributed by atoms with van der Waals surface area (Å²) in [6.45, 7) is 4.98. The predicted octanol–water partition coefficient (Wildman–Crippen LogP) is 6.27. The lowest BCUT2D eigenvalue weighted by molar-refractivity contribution is 0.0691. The minimum absolute atomic E-state index is 0.0228. The van der Waals surface area contributed by atoms with Crippen molar-refractivity contribution in [3.63, 3.8) is 0 Å². The predicted molar refractivity (Wildman–Crippen MR) is 126 cm³/mol. The molecule has 2 aromatic heterocycles. The third kappa shape index (κ3) is 4.12.